The highest BCUT2D eigenvalue weighted by atomic mass is 127. The van der Waals surface area contributed by atoms with Crippen molar-refractivity contribution < 1.29 is 0 Å². The third-order valence-electron chi connectivity index (χ3n) is 4.22. The quantitative estimate of drug-likeness (QED) is 0.395. The summed E-state index contributed by atoms with van der Waals surface area (Å²) in [7, 11) is 1.98. The molecule has 1 aliphatic rings. The molecule has 1 aliphatic carbocycles. The van der Waals surface area contributed by atoms with Gasteiger partial charge in [0.1, 0.15) is 12.4 Å². The molecule has 1 aromatic rings. The number of aryl methyl sites for hydroxylation is 1. The van der Waals surface area contributed by atoms with E-state index >= 15 is 0 Å². The Bertz CT molecular complexity index is 498. The molecule has 1 atom stereocenters. The number of thioether (sulfide) groups is 1. The van der Waals surface area contributed by atoms with Crippen molar-refractivity contribution >= 4 is 41.7 Å². The van der Waals surface area contributed by atoms with Crippen LogP contribution in [0.2, 0.25) is 0 Å². The van der Waals surface area contributed by atoms with E-state index in [0.29, 0.717) is 17.8 Å². The minimum absolute atomic E-state index is 0. The maximum Gasteiger partial charge on any atom is 0.191 e. The second-order valence-electron chi connectivity index (χ2n) is 5.94. The van der Waals surface area contributed by atoms with Crippen molar-refractivity contribution in [2.75, 3.05) is 12.8 Å². The fraction of sp³-hybridized carbons (Fsp3) is 0.800. The third-order valence-corrected chi connectivity index (χ3v) is 5.19. The van der Waals surface area contributed by atoms with Gasteiger partial charge in [0.15, 0.2) is 11.8 Å². The molecule has 0 amide bonds. The zero-order chi connectivity index (χ0) is 15.9. The van der Waals surface area contributed by atoms with Gasteiger partial charge >= 0.3 is 0 Å². The number of hydrogen-bond donors (Lipinski definition) is 2. The van der Waals surface area contributed by atoms with Crippen LogP contribution in [0, 0.1) is 6.92 Å². The van der Waals surface area contributed by atoms with Gasteiger partial charge < -0.3 is 15.2 Å². The highest BCUT2D eigenvalue weighted by molar-refractivity contribution is 14.0. The first-order valence-corrected chi connectivity index (χ1v) is 9.31. The lowest BCUT2D eigenvalue weighted by Gasteiger charge is -2.19. The van der Waals surface area contributed by atoms with Crippen LogP contribution in [-0.2, 0) is 13.6 Å². The van der Waals surface area contributed by atoms with E-state index in [-0.39, 0.29) is 24.0 Å². The van der Waals surface area contributed by atoms with E-state index in [1.54, 1.807) is 0 Å². The lowest BCUT2D eigenvalue weighted by atomic mass is 10.2. The summed E-state index contributed by atoms with van der Waals surface area (Å²) in [6.07, 6.45) is 7.24. The highest BCUT2D eigenvalue weighted by Gasteiger charge is 2.16. The SMILES string of the molecule is CSC(C)CNC(=NCc1nnc(C)n1C)NC1CCCC1.I. The molecule has 1 heterocycles. The Labute approximate surface area is 160 Å². The van der Waals surface area contributed by atoms with Crippen LogP contribution in [0.15, 0.2) is 4.99 Å². The number of nitrogens with zero attached hydrogens (tertiary/aromatic N) is 4. The van der Waals surface area contributed by atoms with Crippen molar-refractivity contribution in [2.45, 2.75) is 57.4 Å². The van der Waals surface area contributed by atoms with Crippen LogP contribution in [0.5, 0.6) is 0 Å². The lowest BCUT2D eigenvalue weighted by Crippen LogP contribution is -2.44. The van der Waals surface area contributed by atoms with E-state index < -0.39 is 0 Å². The number of hydrogen-bond acceptors (Lipinski definition) is 4. The molecule has 132 valence electrons. The van der Waals surface area contributed by atoms with E-state index in [1.807, 2.05) is 30.3 Å². The first-order chi connectivity index (χ1) is 10.6. The average Bonchev–Trinajstić information content (AvgIpc) is 3.13. The highest BCUT2D eigenvalue weighted by Crippen LogP contribution is 2.17. The molecule has 1 unspecified atom stereocenters. The summed E-state index contributed by atoms with van der Waals surface area (Å²) in [5.41, 5.74) is 0. The zero-order valence-electron chi connectivity index (χ0n) is 14.5. The van der Waals surface area contributed by atoms with Gasteiger partial charge in [-0.3, -0.25) is 0 Å². The summed E-state index contributed by atoms with van der Waals surface area (Å²) in [5, 5.41) is 15.8. The maximum absolute atomic E-state index is 4.70. The van der Waals surface area contributed by atoms with E-state index in [0.717, 1.165) is 24.2 Å². The van der Waals surface area contributed by atoms with Gasteiger partial charge in [-0.15, -0.1) is 34.2 Å². The second-order valence-corrected chi connectivity index (χ2v) is 7.22. The molecule has 0 aromatic carbocycles. The summed E-state index contributed by atoms with van der Waals surface area (Å²) >= 11 is 1.86. The molecule has 2 rings (SSSR count). The Balaban J connectivity index is 0.00000264. The summed E-state index contributed by atoms with van der Waals surface area (Å²) in [6, 6.07) is 0.553. The maximum atomic E-state index is 4.70. The molecule has 23 heavy (non-hydrogen) atoms. The summed E-state index contributed by atoms with van der Waals surface area (Å²) in [6.45, 7) is 5.64. The van der Waals surface area contributed by atoms with E-state index in [9.17, 15) is 0 Å². The lowest BCUT2D eigenvalue weighted by molar-refractivity contribution is 0.610. The van der Waals surface area contributed by atoms with Gasteiger partial charge in [0, 0.05) is 24.9 Å². The number of halogens is 1. The predicted molar refractivity (Wildman–Crippen MR) is 109 cm³/mol. The minimum Gasteiger partial charge on any atom is -0.355 e. The van der Waals surface area contributed by atoms with Gasteiger partial charge in [-0.1, -0.05) is 19.8 Å². The van der Waals surface area contributed by atoms with E-state index in [4.69, 9.17) is 4.99 Å². The van der Waals surface area contributed by atoms with E-state index in [2.05, 4.69) is 34.0 Å². The fourth-order valence-electron chi connectivity index (χ4n) is 2.48. The van der Waals surface area contributed by atoms with Gasteiger partial charge in [-0.25, -0.2) is 4.99 Å². The minimum atomic E-state index is 0. The summed E-state index contributed by atoms with van der Waals surface area (Å²) in [5.74, 6) is 2.70. The molecule has 0 aliphatic heterocycles. The van der Waals surface area contributed by atoms with Crippen LogP contribution in [0.1, 0.15) is 44.3 Å². The van der Waals surface area contributed by atoms with Crippen LogP contribution in [0.25, 0.3) is 0 Å². The van der Waals surface area contributed by atoms with Crippen molar-refractivity contribution in [3.05, 3.63) is 11.6 Å². The molecule has 8 heteroatoms. The largest absolute Gasteiger partial charge is 0.355 e. The Kier molecular flexibility index (Phi) is 9.26. The van der Waals surface area contributed by atoms with Crippen molar-refractivity contribution in [2.24, 2.45) is 12.0 Å². The molecule has 0 bridgehead atoms. The van der Waals surface area contributed by atoms with Crippen molar-refractivity contribution in [3.63, 3.8) is 0 Å². The molecule has 1 aromatic heterocycles. The first-order valence-electron chi connectivity index (χ1n) is 8.02. The van der Waals surface area contributed by atoms with Crippen molar-refractivity contribution in [1.29, 1.82) is 0 Å². The number of aromatic nitrogens is 3. The van der Waals surface area contributed by atoms with E-state index in [1.165, 1.54) is 25.7 Å². The number of aliphatic imine (C=N–C) groups is 1. The van der Waals surface area contributed by atoms with Gasteiger partial charge in [0.25, 0.3) is 0 Å². The number of guanidine groups is 1. The standard InChI is InChI=1S/C15H28N6S.HI/c1-11(22-4)9-16-15(18-13-7-5-6-8-13)17-10-14-20-19-12(2)21(14)3;/h11,13H,5-10H2,1-4H3,(H2,16,17,18);1H. The van der Waals surface area contributed by atoms with Gasteiger partial charge in [0.05, 0.1) is 0 Å². The van der Waals surface area contributed by atoms with Crippen LogP contribution in [0.3, 0.4) is 0 Å². The van der Waals surface area contributed by atoms with Crippen LogP contribution < -0.4 is 10.6 Å². The van der Waals surface area contributed by atoms with Crippen LogP contribution in [-0.4, -0.2) is 44.8 Å². The fourth-order valence-corrected chi connectivity index (χ4v) is 2.73. The number of rotatable bonds is 6. The zero-order valence-corrected chi connectivity index (χ0v) is 17.6. The predicted octanol–water partition coefficient (Wildman–Crippen LogP) is 2.47. The van der Waals surface area contributed by atoms with Crippen molar-refractivity contribution in [1.82, 2.24) is 25.4 Å². The Morgan fingerprint density at radius 3 is 2.65 bits per heavy atom. The third kappa shape index (κ3) is 6.48. The van der Waals surface area contributed by atoms with Crippen LogP contribution in [0.4, 0.5) is 0 Å². The first kappa shape index (κ1) is 20.5. The molecule has 1 fully saturated rings. The molecule has 1 saturated carbocycles. The number of nitrogens with one attached hydrogen (secondary N) is 2. The van der Waals surface area contributed by atoms with Crippen LogP contribution >= 0.6 is 35.7 Å². The Morgan fingerprint density at radius 1 is 1.39 bits per heavy atom. The topological polar surface area (TPSA) is 67.1 Å². The molecule has 0 radical (unpaired) electrons. The monoisotopic (exact) mass is 452 g/mol. The summed E-state index contributed by atoms with van der Waals surface area (Å²) in [4.78, 5) is 4.70. The van der Waals surface area contributed by atoms with Gasteiger partial charge in [0.2, 0.25) is 0 Å². The normalized spacial score (nSPS) is 17.0. The average molecular weight is 452 g/mol. The van der Waals surface area contributed by atoms with Gasteiger partial charge in [-0.2, -0.15) is 11.8 Å². The Hall–Kier alpha value is -0.510. The molecule has 6 nitrogen and oxygen atoms in total. The Morgan fingerprint density at radius 2 is 2.09 bits per heavy atom. The molecular formula is C15H29IN6S. The molecular weight excluding hydrogens is 423 g/mol. The molecule has 0 spiro atoms. The second kappa shape index (κ2) is 10.4. The van der Waals surface area contributed by atoms with Crippen molar-refractivity contribution in [3.8, 4) is 0 Å². The summed E-state index contributed by atoms with van der Waals surface area (Å²) < 4.78 is 1.99. The smallest absolute Gasteiger partial charge is 0.191 e. The molecule has 0 saturated heterocycles. The van der Waals surface area contributed by atoms with Gasteiger partial charge in [-0.05, 0) is 26.0 Å². The molecule has 2 N–H and O–H groups in total.